The highest BCUT2D eigenvalue weighted by atomic mass is 16.6. The highest BCUT2D eigenvalue weighted by Crippen LogP contribution is 2.12. The molecule has 45 heavy (non-hydrogen) atoms. The molecule has 0 heterocycles. The Labute approximate surface area is 278 Å². The average molecular weight is 633 g/mol. The SMILES string of the molecule is CCCCC/C=C/C/C=C/CCCCCCCCCC(=O)O[C@@H](CO)COC(=O)CCCCCCC/C=C/CCCCCCC. The molecule has 0 aromatic rings. The molecule has 0 aliphatic carbocycles. The lowest BCUT2D eigenvalue weighted by atomic mass is 10.1. The van der Waals surface area contributed by atoms with Crippen molar-refractivity contribution in [3.05, 3.63) is 36.5 Å². The summed E-state index contributed by atoms with van der Waals surface area (Å²) in [5.74, 6) is -0.609. The second-order valence-electron chi connectivity index (χ2n) is 12.6. The van der Waals surface area contributed by atoms with Gasteiger partial charge in [0.05, 0.1) is 6.61 Å². The summed E-state index contributed by atoms with van der Waals surface area (Å²) in [5, 5.41) is 9.54. The topological polar surface area (TPSA) is 72.8 Å². The lowest BCUT2D eigenvalue weighted by Crippen LogP contribution is -2.28. The molecular formula is C40H72O5. The monoisotopic (exact) mass is 633 g/mol. The summed E-state index contributed by atoms with van der Waals surface area (Å²) in [6.45, 7) is 4.08. The van der Waals surface area contributed by atoms with E-state index in [0.29, 0.717) is 12.8 Å². The summed E-state index contributed by atoms with van der Waals surface area (Å²) in [4.78, 5) is 24.2. The first kappa shape index (κ1) is 43.1. The fraction of sp³-hybridized carbons (Fsp3) is 0.800. The van der Waals surface area contributed by atoms with Gasteiger partial charge in [0.15, 0.2) is 6.10 Å². The van der Waals surface area contributed by atoms with E-state index in [1.807, 2.05) is 0 Å². The molecular weight excluding hydrogens is 560 g/mol. The van der Waals surface area contributed by atoms with Crippen LogP contribution in [0.2, 0.25) is 0 Å². The molecule has 0 aromatic carbocycles. The van der Waals surface area contributed by atoms with Crippen molar-refractivity contribution in [2.45, 2.75) is 193 Å². The maximum absolute atomic E-state index is 12.1. The average Bonchev–Trinajstić information content (AvgIpc) is 3.04. The molecule has 0 aliphatic rings. The molecule has 0 amide bonds. The smallest absolute Gasteiger partial charge is 0.306 e. The van der Waals surface area contributed by atoms with E-state index in [2.05, 4.69) is 50.3 Å². The van der Waals surface area contributed by atoms with E-state index >= 15 is 0 Å². The van der Waals surface area contributed by atoms with Crippen molar-refractivity contribution in [3.63, 3.8) is 0 Å². The van der Waals surface area contributed by atoms with Gasteiger partial charge in [0.2, 0.25) is 0 Å². The predicted molar refractivity (Wildman–Crippen MR) is 191 cm³/mol. The number of carbonyl (C=O) groups excluding carboxylic acids is 2. The van der Waals surface area contributed by atoms with Crippen molar-refractivity contribution in [2.75, 3.05) is 13.2 Å². The third kappa shape index (κ3) is 34.8. The summed E-state index contributed by atoms with van der Waals surface area (Å²) >= 11 is 0. The molecule has 0 fully saturated rings. The second-order valence-corrected chi connectivity index (χ2v) is 12.6. The highest BCUT2D eigenvalue weighted by Gasteiger charge is 2.16. The van der Waals surface area contributed by atoms with Gasteiger partial charge in [-0.05, 0) is 70.6 Å². The van der Waals surface area contributed by atoms with E-state index in [0.717, 1.165) is 57.8 Å². The van der Waals surface area contributed by atoms with Crippen molar-refractivity contribution in [3.8, 4) is 0 Å². The molecule has 0 saturated heterocycles. The fourth-order valence-electron chi connectivity index (χ4n) is 5.22. The number of allylic oxidation sites excluding steroid dienone is 6. The molecule has 262 valence electrons. The van der Waals surface area contributed by atoms with Crippen molar-refractivity contribution in [2.24, 2.45) is 0 Å². The van der Waals surface area contributed by atoms with Crippen LogP contribution in [-0.2, 0) is 19.1 Å². The minimum Gasteiger partial charge on any atom is -0.462 e. The first-order valence-electron chi connectivity index (χ1n) is 19.0. The lowest BCUT2D eigenvalue weighted by molar-refractivity contribution is -0.161. The zero-order valence-corrected chi connectivity index (χ0v) is 29.6. The van der Waals surface area contributed by atoms with Crippen LogP contribution in [0.5, 0.6) is 0 Å². The summed E-state index contributed by atoms with van der Waals surface area (Å²) in [5.41, 5.74) is 0. The van der Waals surface area contributed by atoms with Gasteiger partial charge in [-0.2, -0.15) is 0 Å². The van der Waals surface area contributed by atoms with Crippen LogP contribution in [0.25, 0.3) is 0 Å². The zero-order valence-electron chi connectivity index (χ0n) is 29.6. The van der Waals surface area contributed by atoms with E-state index < -0.39 is 6.10 Å². The minimum absolute atomic E-state index is 0.0725. The first-order chi connectivity index (χ1) is 22.1. The molecule has 0 bridgehead atoms. The third-order valence-electron chi connectivity index (χ3n) is 8.16. The Morgan fingerprint density at radius 1 is 0.511 bits per heavy atom. The lowest BCUT2D eigenvalue weighted by Gasteiger charge is -2.15. The number of carbonyl (C=O) groups is 2. The maximum Gasteiger partial charge on any atom is 0.306 e. The minimum atomic E-state index is -0.776. The van der Waals surface area contributed by atoms with Crippen molar-refractivity contribution in [1.29, 1.82) is 0 Å². The third-order valence-corrected chi connectivity index (χ3v) is 8.16. The molecule has 0 aliphatic heterocycles. The van der Waals surface area contributed by atoms with Crippen LogP contribution < -0.4 is 0 Å². The first-order valence-corrected chi connectivity index (χ1v) is 19.0. The molecule has 0 rings (SSSR count). The summed E-state index contributed by atoms with van der Waals surface area (Å²) in [7, 11) is 0. The van der Waals surface area contributed by atoms with Crippen LogP contribution in [-0.4, -0.2) is 36.4 Å². The van der Waals surface area contributed by atoms with Gasteiger partial charge in [0, 0.05) is 12.8 Å². The predicted octanol–water partition coefficient (Wildman–Crippen LogP) is 11.7. The molecule has 1 atom stereocenters. The van der Waals surface area contributed by atoms with Gasteiger partial charge < -0.3 is 14.6 Å². The standard InChI is InChI=1S/C40H72O5/c1-3-5-7-9-11-13-15-17-19-20-21-23-25-27-29-31-33-35-40(43)45-38(36-41)37-44-39(42)34-32-30-28-26-24-22-18-16-14-12-10-8-6-4-2/h11,13,16-19,38,41H,3-10,12,14-15,20-37H2,1-2H3/b13-11+,18-16+,19-17+/t38-/m0/s1. The van der Waals surface area contributed by atoms with Crippen LogP contribution in [0.4, 0.5) is 0 Å². The number of hydrogen-bond donors (Lipinski definition) is 1. The number of unbranched alkanes of at least 4 members (excludes halogenated alkanes) is 20. The summed E-state index contributed by atoms with van der Waals surface area (Å²) < 4.78 is 10.6. The Kier molecular flexibility index (Phi) is 35.1. The number of aliphatic hydroxyl groups excluding tert-OH is 1. The molecule has 0 saturated carbocycles. The van der Waals surface area contributed by atoms with Gasteiger partial charge in [-0.25, -0.2) is 0 Å². The zero-order chi connectivity index (χ0) is 32.9. The van der Waals surface area contributed by atoms with Gasteiger partial charge in [0.25, 0.3) is 0 Å². The number of hydrogen-bond acceptors (Lipinski definition) is 5. The van der Waals surface area contributed by atoms with Crippen LogP contribution in [0, 0.1) is 0 Å². The number of rotatable bonds is 34. The number of esters is 2. The van der Waals surface area contributed by atoms with Crippen LogP contribution >= 0.6 is 0 Å². The van der Waals surface area contributed by atoms with E-state index in [9.17, 15) is 14.7 Å². The van der Waals surface area contributed by atoms with Crippen LogP contribution in [0.15, 0.2) is 36.5 Å². The van der Waals surface area contributed by atoms with Crippen LogP contribution in [0.3, 0.4) is 0 Å². The molecule has 0 spiro atoms. The Hall–Kier alpha value is -1.88. The van der Waals surface area contributed by atoms with Gasteiger partial charge in [-0.3, -0.25) is 9.59 Å². The molecule has 0 aromatic heterocycles. The van der Waals surface area contributed by atoms with Gasteiger partial charge >= 0.3 is 11.9 Å². The summed E-state index contributed by atoms with van der Waals surface area (Å²) in [6, 6.07) is 0. The Balaban J connectivity index is 3.59. The fourth-order valence-corrected chi connectivity index (χ4v) is 5.22. The van der Waals surface area contributed by atoms with E-state index in [4.69, 9.17) is 9.47 Å². The molecule has 0 unspecified atom stereocenters. The molecule has 5 nitrogen and oxygen atoms in total. The van der Waals surface area contributed by atoms with Crippen molar-refractivity contribution in [1.82, 2.24) is 0 Å². The Morgan fingerprint density at radius 3 is 1.38 bits per heavy atom. The van der Waals surface area contributed by atoms with E-state index in [-0.39, 0.29) is 25.2 Å². The normalized spacial score (nSPS) is 12.5. The molecule has 1 N–H and O–H groups in total. The Morgan fingerprint density at radius 2 is 0.889 bits per heavy atom. The van der Waals surface area contributed by atoms with E-state index in [1.165, 1.54) is 103 Å². The quantitative estimate of drug-likeness (QED) is 0.0434. The largest absolute Gasteiger partial charge is 0.462 e. The maximum atomic E-state index is 12.1. The number of aliphatic hydroxyl groups is 1. The van der Waals surface area contributed by atoms with Crippen molar-refractivity contribution >= 4 is 11.9 Å². The van der Waals surface area contributed by atoms with Crippen molar-refractivity contribution < 1.29 is 24.2 Å². The molecule has 5 heteroatoms. The second kappa shape index (κ2) is 36.6. The Bertz CT molecular complexity index is 726. The summed E-state index contributed by atoms with van der Waals surface area (Å²) in [6.07, 6.45) is 43.4. The number of ether oxygens (including phenoxy) is 2. The molecule has 0 radical (unpaired) electrons. The van der Waals surface area contributed by atoms with E-state index in [1.54, 1.807) is 0 Å². The van der Waals surface area contributed by atoms with Gasteiger partial charge in [-0.15, -0.1) is 0 Å². The highest BCUT2D eigenvalue weighted by molar-refractivity contribution is 5.70. The van der Waals surface area contributed by atoms with Crippen LogP contribution in [0.1, 0.15) is 187 Å². The van der Waals surface area contributed by atoms with Gasteiger partial charge in [0.1, 0.15) is 6.61 Å². The van der Waals surface area contributed by atoms with Gasteiger partial charge in [-0.1, -0.05) is 140 Å².